The molecule has 0 aromatic heterocycles. The Kier molecular flexibility index (Phi) is 5.94. The third kappa shape index (κ3) is 4.14. The molecule has 3 aliphatic rings. The summed E-state index contributed by atoms with van der Waals surface area (Å²) in [6, 6.07) is 11.8. The van der Waals surface area contributed by atoms with E-state index in [-0.39, 0.29) is 0 Å². The average Bonchev–Trinajstić information content (AvgIpc) is 3.03. The highest BCUT2D eigenvalue weighted by atomic mass is 15.3. The molecule has 0 aliphatic carbocycles. The molecule has 0 amide bonds. The van der Waals surface area contributed by atoms with Gasteiger partial charge in [-0.1, -0.05) is 30.3 Å². The van der Waals surface area contributed by atoms with E-state index in [1.165, 1.54) is 83.5 Å². The van der Waals surface area contributed by atoms with Crippen molar-refractivity contribution in [1.82, 2.24) is 20.0 Å². The van der Waals surface area contributed by atoms with Gasteiger partial charge in [0.1, 0.15) is 0 Å². The number of piperidine rings is 1. The van der Waals surface area contributed by atoms with E-state index in [9.17, 15) is 0 Å². The number of nitrogens with zero attached hydrogens (tertiary/aromatic N) is 3. The van der Waals surface area contributed by atoms with Crippen LogP contribution in [0, 0.1) is 0 Å². The number of hydrogen-bond acceptors (Lipinski definition) is 4. The average molecular weight is 357 g/mol. The van der Waals surface area contributed by atoms with Crippen molar-refractivity contribution in [3.8, 4) is 0 Å². The Hall–Kier alpha value is -0.940. The second-order valence-corrected chi connectivity index (χ2v) is 8.74. The van der Waals surface area contributed by atoms with Gasteiger partial charge < -0.3 is 5.32 Å². The second kappa shape index (κ2) is 8.39. The van der Waals surface area contributed by atoms with Crippen molar-refractivity contribution in [3.63, 3.8) is 0 Å². The minimum Gasteiger partial charge on any atom is -0.317 e. The Morgan fingerprint density at radius 2 is 1.85 bits per heavy atom. The first-order valence-corrected chi connectivity index (χ1v) is 10.7. The molecule has 1 aromatic carbocycles. The Morgan fingerprint density at radius 1 is 1.04 bits per heavy atom. The summed E-state index contributed by atoms with van der Waals surface area (Å²) in [5.41, 5.74) is 1.87. The van der Waals surface area contributed by atoms with E-state index in [1.807, 2.05) is 0 Å². The number of rotatable bonds is 4. The predicted octanol–water partition coefficient (Wildman–Crippen LogP) is 2.41. The topological polar surface area (TPSA) is 21.8 Å². The molecule has 1 atom stereocenters. The van der Waals surface area contributed by atoms with Crippen LogP contribution in [0.4, 0.5) is 0 Å². The van der Waals surface area contributed by atoms with Gasteiger partial charge in [0.25, 0.3) is 0 Å². The molecule has 0 saturated carbocycles. The molecule has 3 aliphatic heterocycles. The highest BCUT2D eigenvalue weighted by Gasteiger charge is 2.40. The lowest BCUT2D eigenvalue weighted by Crippen LogP contribution is -2.58. The summed E-state index contributed by atoms with van der Waals surface area (Å²) in [4.78, 5) is 8.23. The SMILES string of the molecule is CN1CCCN(C[C@H]2CCCN2Cc2ccccc2)CC12CCNCC2. The third-order valence-electron chi connectivity index (χ3n) is 7.03. The lowest BCUT2D eigenvalue weighted by molar-refractivity contribution is 0.0574. The van der Waals surface area contributed by atoms with Gasteiger partial charge in [-0.25, -0.2) is 0 Å². The molecule has 1 N–H and O–H groups in total. The number of nitrogens with one attached hydrogen (secondary N) is 1. The molecule has 0 bridgehead atoms. The molecule has 3 fully saturated rings. The Labute approximate surface area is 159 Å². The Bertz CT molecular complexity index is 555. The summed E-state index contributed by atoms with van der Waals surface area (Å²) in [6.45, 7) is 9.81. The van der Waals surface area contributed by atoms with Crippen LogP contribution in [0.15, 0.2) is 30.3 Å². The van der Waals surface area contributed by atoms with E-state index in [0.717, 1.165) is 12.6 Å². The summed E-state index contributed by atoms with van der Waals surface area (Å²) in [5, 5.41) is 3.57. The first-order chi connectivity index (χ1) is 12.8. The fourth-order valence-corrected chi connectivity index (χ4v) is 5.40. The minimum absolute atomic E-state index is 0.407. The second-order valence-electron chi connectivity index (χ2n) is 8.74. The molecule has 144 valence electrons. The van der Waals surface area contributed by atoms with Gasteiger partial charge in [-0.2, -0.15) is 0 Å². The van der Waals surface area contributed by atoms with Crippen LogP contribution in [-0.4, -0.2) is 79.1 Å². The van der Waals surface area contributed by atoms with Crippen LogP contribution in [0.25, 0.3) is 0 Å². The normalized spacial score (nSPS) is 28.4. The van der Waals surface area contributed by atoms with Crippen LogP contribution in [0.5, 0.6) is 0 Å². The maximum absolute atomic E-state index is 3.57. The standard InChI is InChI=1S/C22H36N4/c1-24-14-6-15-25(19-22(24)10-12-23-13-11-22)18-21-9-5-16-26(21)17-20-7-3-2-4-8-20/h2-4,7-8,21,23H,5-6,9-19H2,1H3/t21-/m1/s1. The molecule has 26 heavy (non-hydrogen) atoms. The van der Waals surface area contributed by atoms with Gasteiger partial charge in [0.05, 0.1) is 0 Å². The minimum atomic E-state index is 0.407. The number of likely N-dealkylation sites (tertiary alicyclic amines) is 1. The van der Waals surface area contributed by atoms with Gasteiger partial charge in [0, 0.05) is 31.2 Å². The van der Waals surface area contributed by atoms with Gasteiger partial charge >= 0.3 is 0 Å². The van der Waals surface area contributed by atoms with Crippen molar-refractivity contribution in [2.24, 2.45) is 0 Å². The predicted molar refractivity (Wildman–Crippen MR) is 108 cm³/mol. The lowest BCUT2D eigenvalue weighted by Gasteiger charge is -2.46. The molecule has 4 rings (SSSR count). The van der Waals surface area contributed by atoms with E-state index >= 15 is 0 Å². The van der Waals surface area contributed by atoms with Gasteiger partial charge in [-0.05, 0) is 77.4 Å². The molecule has 4 heteroatoms. The molecule has 3 heterocycles. The van der Waals surface area contributed by atoms with Crippen molar-refractivity contribution < 1.29 is 0 Å². The van der Waals surface area contributed by atoms with Crippen molar-refractivity contribution in [2.45, 2.75) is 50.2 Å². The molecule has 1 spiro atoms. The van der Waals surface area contributed by atoms with E-state index in [0.29, 0.717) is 5.54 Å². The highest BCUT2D eigenvalue weighted by Crippen LogP contribution is 2.30. The first kappa shape index (κ1) is 18.4. The molecular formula is C22H36N4. The fraction of sp³-hybridized carbons (Fsp3) is 0.727. The van der Waals surface area contributed by atoms with Crippen LogP contribution in [0.1, 0.15) is 37.7 Å². The zero-order valence-corrected chi connectivity index (χ0v) is 16.5. The summed E-state index contributed by atoms with van der Waals surface area (Å²) in [5.74, 6) is 0. The van der Waals surface area contributed by atoms with E-state index in [4.69, 9.17) is 0 Å². The van der Waals surface area contributed by atoms with Crippen molar-refractivity contribution in [2.75, 3.05) is 52.9 Å². The summed E-state index contributed by atoms with van der Waals surface area (Å²) >= 11 is 0. The molecule has 3 saturated heterocycles. The molecule has 0 radical (unpaired) electrons. The monoisotopic (exact) mass is 356 g/mol. The Balaban J connectivity index is 1.40. The van der Waals surface area contributed by atoms with Crippen LogP contribution >= 0.6 is 0 Å². The Morgan fingerprint density at radius 3 is 2.65 bits per heavy atom. The van der Waals surface area contributed by atoms with Crippen LogP contribution in [0.2, 0.25) is 0 Å². The lowest BCUT2D eigenvalue weighted by atomic mass is 9.86. The smallest absolute Gasteiger partial charge is 0.0357 e. The largest absolute Gasteiger partial charge is 0.317 e. The molecule has 4 nitrogen and oxygen atoms in total. The molecule has 0 unspecified atom stereocenters. The van der Waals surface area contributed by atoms with Crippen LogP contribution < -0.4 is 5.32 Å². The van der Waals surface area contributed by atoms with Gasteiger partial charge in [-0.3, -0.25) is 14.7 Å². The summed E-state index contributed by atoms with van der Waals surface area (Å²) in [7, 11) is 2.37. The zero-order chi connectivity index (χ0) is 17.8. The fourth-order valence-electron chi connectivity index (χ4n) is 5.40. The van der Waals surface area contributed by atoms with Gasteiger partial charge in [-0.15, -0.1) is 0 Å². The third-order valence-corrected chi connectivity index (χ3v) is 7.03. The van der Waals surface area contributed by atoms with Crippen LogP contribution in [0.3, 0.4) is 0 Å². The van der Waals surface area contributed by atoms with Gasteiger partial charge in [0.2, 0.25) is 0 Å². The quantitative estimate of drug-likeness (QED) is 0.894. The molecular weight excluding hydrogens is 320 g/mol. The van der Waals surface area contributed by atoms with Gasteiger partial charge in [0.15, 0.2) is 0 Å². The summed E-state index contributed by atoms with van der Waals surface area (Å²) in [6.07, 6.45) is 6.65. The highest BCUT2D eigenvalue weighted by molar-refractivity contribution is 5.15. The first-order valence-electron chi connectivity index (χ1n) is 10.7. The molecule has 1 aromatic rings. The maximum Gasteiger partial charge on any atom is 0.0357 e. The van der Waals surface area contributed by atoms with Crippen molar-refractivity contribution in [1.29, 1.82) is 0 Å². The number of benzene rings is 1. The maximum atomic E-state index is 3.57. The van der Waals surface area contributed by atoms with Crippen LogP contribution in [-0.2, 0) is 6.54 Å². The number of hydrogen-bond donors (Lipinski definition) is 1. The van der Waals surface area contributed by atoms with Crippen molar-refractivity contribution >= 4 is 0 Å². The number of likely N-dealkylation sites (N-methyl/N-ethyl adjacent to an activating group) is 1. The summed E-state index contributed by atoms with van der Waals surface area (Å²) < 4.78 is 0. The van der Waals surface area contributed by atoms with Crippen molar-refractivity contribution in [3.05, 3.63) is 35.9 Å². The zero-order valence-electron chi connectivity index (χ0n) is 16.5. The van der Waals surface area contributed by atoms with E-state index in [2.05, 4.69) is 57.4 Å². The van der Waals surface area contributed by atoms with E-state index in [1.54, 1.807) is 0 Å². The van der Waals surface area contributed by atoms with E-state index < -0.39 is 0 Å².